The summed E-state index contributed by atoms with van der Waals surface area (Å²) >= 11 is 0. The molecule has 1 rings (SSSR count). The van der Waals surface area contributed by atoms with E-state index in [9.17, 15) is 9.59 Å². The summed E-state index contributed by atoms with van der Waals surface area (Å²) < 4.78 is 0. The van der Waals surface area contributed by atoms with Crippen molar-refractivity contribution in [1.82, 2.24) is 10.6 Å². The van der Waals surface area contributed by atoms with Gasteiger partial charge in [0.15, 0.2) is 0 Å². The SMILES string of the molecule is CC(C)(C)C(CC(=O)O)NC(=O)NCC1CC1. The van der Waals surface area contributed by atoms with Crippen LogP contribution in [0.25, 0.3) is 0 Å². The van der Waals surface area contributed by atoms with E-state index in [0.717, 1.165) is 0 Å². The number of urea groups is 1. The fourth-order valence-corrected chi connectivity index (χ4v) is 1.52. The summed E-state index contributed by atoms with van der Waals surface area (Å²) in [6, 6.07) is -0.628. The van der Waals surface area contributed by atoms with Crippen LogP contribution in [-0.4, -0.2) is 29.7 Å². The zero-order chi connectivity index (χ0) is 13.1. The van der Waals surface area contributed by atoms with Crippen LogP contribution in [0.2, 0.25) is 0 Å². The van der Waals surface area contributed by atoms with Gasteiger partial charge >= 0.3 is 12.0 Å². The Morgan fingerprint density at radius 2 is 1.94 bits per heavy atom. The smallest absolute Gasteiger partial charge is 0.315 e. The number of carbonyl (C=O) groups is 2. The van der Waals surface area contributed by atoms with Crippen LogP contribution < -0.4 is 10.6 Å². The van der Waals surface area contributed by atoms with E-state index in [-0.39, 0.29) is 23.9 Å². The Morgan fingerprint density at radius 3 is 2.35 bits per heavy atom. The predicted molar refractivity (Wildman–Crippen MR) is 64.8 cm³/mol. The van der Waals surface area contributed by atoms with Crippen molar-refractivity contribution in [1.29, 1.82) is 0 Å². The molecule has 0 aromatic heterocycles. The van der Waals surface area contributed by atoms with Crippen molar-refractivity contribution >= 4 is 12.0 Å². The topological polar surface area (TPSA) is 78.4 Å². The van der Waals surface area contributed by atoms with Gasteiger partial charge in [0.2, 0.25) is 0 Å². The molecular formula is C12H22N2O3. The van der Waals surface area contributed by atoms with E-state index in [1.807, 2.05) is 20.8 Å². The lowest BCUT2D eigenvalue weighted by atomic mass is 9.85. The van der Waals surface area contributed by atoms with Crippen molar-refractivity contribution < 1.29 is 14.7 Å². The normalized spacial score (nSPS) is 17.4. The number of nitrogens with one attached hydrogen (secondary N) is 2. The summed E-state index contributed by atoms with van der Waals surface area (Å²) in [5.41, 5.74) is -0.269. The van der Waals surface area contributed by atoms with Crippen molar-refractivity contribution in [3.8, 4) is 0 Å². The predicted octanol–water partition coefficient (Wildman–Crippen LogP) is 1.58. The lowest BCUT2D eigenvalue weighted by molar-refractivity contribution is -0.138. The quantitative estimate of drug-likeness (QED) is 0.685. The second-order valence-electron chi connectivity index (χ2n) is 5.81. The van der Waals surface area contributed by atoms with E-state index >= 15 is 0 Å². The third kappa shape index (κ3) is 5.56. The maximum Gasteiger partial charge on any atom is 0.315 e. The molecule has 0 spiro atoms. The monoisotopic (exact) mass is 242 g/mol. The van der Waals surface area contributed by atoms with Gasteiger partial charge in [0.05, 0.1) is 6.42 Å². The lowest BCUT2D eigenvalue weighted by Gasteiger charge is -2.30. The van der Waals surface area contributed by atoms with E-state index in [4.69, 9.17) is 5.11 Å². The minimum Gasteiger partial charge on any atom is -0.481 e. The fourth-order valence-electron chi connectivity index (χ4n) is 1.52. The average molecular weight is 242 g/mol. The van der Waals surface area contributed by atoms with E-state index in [0.29, 0.717) is 12.5 Å². The van der Waals surface area contributed by atoms with Crippen molar-refractivity contribution in [3.63, 3.8) is 0 Å². The number of hydrogen-bond acceptors (Lipinski definition) is 2. The Balaban J connectivity index is 2.40. The molecule has 1 atom stereocenters. The fraction of sp³-hybridized carbons (Fsp3) is 0.833. The molecule has 5 nitrogen and oxygen atoms in total. The molecule has 17 heavy (non-hydrogen) atoms. The van der Waals surface area contributed by atoms with Gasteiger partial charge in [-0.15, -0.1) is 0 Å². The summed E-state index contributed by atoms with van der Waals surface area (Å²) in [4.78, 5) is 22.3. The second kappa shape index (κ2) is 5.38. The van der Waals surface area contributed by atoms with Gasteiger partial charge in [-0.3, -0.25) is 4.79 Å². The minimum absolute atomic E-state index is 0.0552. The summed E-state index contributed by atoms with van der Waals surface area (Å²) in [6.07, 6.45) is 2.30. The molecule has 1 saturated carbocycles. The molecule has 0 radical (unpaired) electrons. The van der Waals surface area contributed by atoms with E-state index < -0.39 is 5.97 Å². The highest BCUT2D eigenvalue weighted by Gasteiger charge is 2.29. The molecule has 0 aliphatic heterocycles. The minimum atomic E-state index is -0.896. The third-order valence-corrected chi connectivity index (χ3v) is 2.98. The van der Waals surface area contributed by atoms with Crippen LogP contribution in [0.3, 0.4) is 0 Å². The first-order chi connectivity index (χ1) is 7.79. The van der Waals surface area contributed by atoms with Gasteiger partial charge in [-0.2, -0.15) is 0 Å². The molecule has 1 unspecified atom stereocenters. The van der Waals surface area contributed by atoms with Crippen molar-refractivity contribution in [2.75, 3.05) is 6.54 Å². The summed E-state index contributed by atoms with van der Waals surface area (Å²) in [5, 5.41) is 14.3. The maximum atomic E-state index is 11.6. The Hall–Kier alpha value is -1.26. The first kappa shape index (κ1) is 13.8. The summed E-state index contributed by atoms with van der Waals surface area (Å²) in [7, 11) is 0. The Morgan fingerprint density at radius 1 is 1.35 bits per heavy atom. The van der Waals surface area contributed by atoms with Gasteiger partial charge in [0.25, 0.3) is 0 Å². The molecule has 1 fully saturated rings. The number of carboxylic acids is 1. The zero-order valence-electron chi connectivity index (χ0n) is 10.7. The zero-order valence-corrected chi connectivity index (χ0v) is 10.7. The van der Waals surface area contributed by atoms with Crippen molar-refractivity contribution in [3.05, 3.63) is 0 Å². The third-order valence-electron chi connectivity index (χ3n) is 2.98. The highest BCUT2D eigenvalue weighted by Crippen LogP contribution is 2.27. The first-order valence-electron chi connectivity index (χ1n) is 6.05. The Labute approximate surface area is 102 Å². The molecule has 2 amide bonds. The van der Waals surface area contributed by atoms with E-state index in [1.165, 1.54) is 12.8 Å². The van der Waals surface area contributed by atoms with Gasteiger partial charge in [-0.1, -0.05) is 20.8 Å². The van der Waals surface area contributed by atoms with Gasteiger partial charge < -0.3 is 15.7 Å². The number of hydrogen-bond donors (Lipinski definition) is 3. The van der Waals surface area contributed by atoms with E-state index in [1.54, 1.807) is 0 Å². The molecule has 1 aliphatic rings. The van der Waals surface area contributed by atoms with E-state index in [2.05, 4.69) is 10.6 Å². The van der Waals surface area contributed by atoms with Crippen LogP contribution in [0.4, 0.5) is 4.79 Å². The van der Waals surface area contributed by atoms with Crippen LogP contribution in [0.15, 0.2) is 0 Å². The molecule has 0 saturated heterocycles. The van der Waals surface area contributed by atoms with Crippen LogP contribution in [0.5, 0.6) is 0 Å². The number of rotatable bonds is 5. The van der Waals surface area contributed by atoms with Gasteiger partial charge in [-0.25, -0.2) is 4.79 Å². The molecule has 0 aromatic rings. The van der Waals surface area contributed by atoms with Crippen LogP contribution in [0, 0.1) is 11.3 Å². The Kier molecular flexibility index (Phi) is 4.37. The molecule has 5 heteroatoms. The van der Waals surface area contributed by atoms with Crippen LogP contribution >= 0.6 is 0 Å². The number of carboxylic acid groups (broad SMARTS) is 1. The second-order valence-corrected chi connectivity index (χ2v) is 5.81. The molecule has 0 aromatic carbocycles. The first-order valence-corrected chi connectivity index (χ1v) is 6.05. The maximum absolute atomic E-state index is 11.6. The van der Waals surface area contributed by atoms with Crippen LogP contribution in [0.1, 0.15) is 40.0 Å². The molecule has 3 N–H and O–H groups in total. The summed E-state index contributed by atoms with van der Waals surface area (Å²) in [6.45, 7) is 6.45. The lowest BCUT2D eigenvalue weighted by Crippen LogP contribution is -2.49. The molecular weight excluding hydrogens is 220 g/mol. The molecule has 0 bridgehead atoms. The largest absolute Gasteiger partial charge is 0.481 e. The highest BCUT2D eigenvalue weighted by molar-refractivity contribution is 5.75. The van der Waals surface area contributed by atoms with Crippen LogP contribution in [-0.2, 0) is 4.79 Å². The molecule has 0 heterocycles. The number of amides is 2. The number of carbonyl (C=O) groups excluding carboxylic acids is 1. The van der Waals surface area contributed by atoms with Gasteiger partial charge in [-0.05, 0) is 24.2 Å². The van der Waals surface area contributed by atoms with Crippen molar-refractivity contribution in [2.45, 2.75) is 46.1 Å². The van der Waals surface area contributed by atoms with Crippen molar-refractivity contribution in [2.24, 2.45) is 11.3 Å². The van der Waals surface area contributed by atoms with Gasteiger partial charge in [0, 0.05) is 12.6 Å². The average Bonchev–Trinajstić information content (AvgIpc) is 2.94. The van der Waals surface area contributed by atoms with Gasteiger partial charge in [0.1, 0.15) is 0 Å². The highest BCUT2D eigenvalue weighted by atomic mass is 16.4. The Bertz CT molecular complexity index is 293. The number of aliphatic carboxylic acids is 1. The standard InChI is InChI=1S/C12H22N2O3/c1-12(2,3)9(6-10(15)16)14-11(17)13-7-8-4-5-8/h8-9H,4-7H2,1-3H3,(H,15,16)(H2,13,14,17). The summed E-state index contributed by atoms with van der Waals surface area (Å²) in [5.74, 6) is -0.277. The molecule has 1 aliphatic carbocycles. The molecule has 98 valence electrons.